The van der Waals surface area contributed by atoms with Crippen molar-refractivity contribution in [2.24, 2.45) is 0 Å². The van der Waals surface area contributed by atoms with Gasteiger partial charge in [-0.15, -0.1) is 0 Å². The molecule has 0 aliphatic carbocycles. The van der Waals surface area contributed by atoms with E-state index in [-0.39, 0.29) is 5.69 Å². The van der Waals surface area contributed by atoms with E-state index in [1.807, 2.05) is 6.07 Å². The van der Waals surface area contributed by atoms with Crippen LogP contribution < -0.4 is 15.5 Å². The zero-order chi connectivity index (χ0) is 21.8. The topological polar surface area (TPSA) is 70.2 Å². The van der Waals surface area contributed by atoms with Gasteiger partial charge in [0, 0.05) is 36.7 Å². The second-order valence-corrected chi connectivity index (χ2v) is 7.13. The van der Waals surface area contributed by atoms with Crippen LogP contribution in [0.4, 0.5) is 35.2 Å². The van der Waals surface area contributed by atoms with Crippen LogP contribution in [-0.4, -0.2) is 29.1 Å². The van der Waals surface area contributed by atoms with Gasteiger partial charge in [-0.05, 0) is 37.1 Å². The van der Waals surface area contributed by atoms with Gasteiger partial charge in [-0.25, -0.2) is 9.78 Å². The molecule has 1 fully saturated rings. The number of anilines is 3. The molecule has 0 unspecified atom stereocenters. The number of para-hydroxylation sites is 1. The van der Waals surface area contributed by atoms with Gasteiger partial charge in [0.25, 0.3) is 0 Å². The minimum absolute atomic E-state index is 0.311. The third-order valence-electron chi connectivity index (χ3n) is 4.96. The van der Waals surface area contributed by atoms with E-state index < -0.39 is 17.8 Å². The lowest BCUT2D eigenvalue weighted by Gasteiger charge is -2.19. The fourth-order valence-corrected chi connectivity index (χ4v) is 3.56. The fourth-order valence-electron chi connectivity index (χ4n) is 3.56. The Kier molecular flexibility index (Phi) is 5.75. The molecule has 2 heterocycles. The summed E-state index contributed by atoms with van der Waals surface area (Å²) < 4.78 is 39.4. The molecule has 1 saturated heterocycles. The number of amides is 2. The number of alkyl halides is 3. The number of halogens is 3. The highest BCUT2D eigenvalue weighted by Gasteiger charge is 2.33. The van der Waals surface area contributed by atoms with Crippen molar-refractivity contribution in [1.82, 2.24) is 9.97 Å². The third kappa shape index (κ3) is 4.76. The lowest BCUT2D eigenvalue weighted by atomic mass is 10.1. The largest absolute Gasteiger partial charge is 0.418 e. The smallest absolute Gasteiger partial charge is 0.355 e. The Morgan fingerprint density at radius 2 is 1.68 bits per heavy atom. The Morgan fingerprint density at radius 1 is 0.935 bits per heavy atom. The number of hydrogen-bond acceptors (Lipinski definition) is 4. The van der Waals surface area contributed by atoms with Crippen LogP contribution in [0.2, 0.25) is 0 Å². The fraction of sp³-hybridized carbons (Fsp3) is 0.227. The van der Waals surface area contributed by atoms with Gasteiger partial charge in [0.15, 0.2) is 5.82 Å². The maximum atomic E-state index is 13.1. The number of hydrogen-bond donors (Lipinski definition) is 2. The standard InChI is InChI=1S/C22H20F3N5O/c23-22(24,25)17-8-1-2-9-18(17)29-21(31)28-16-7-5-6-15(14-16)19-20(27-11-10-26-19)30-12-3-4-13-30/h1-2,5-11,14H,3-4,12-13H2,(H2,28,29,31). The molecule has 0 atom stereocenters. The van der Waals surface area contributed by atoms with Crippen molar-refractivity contribution < 1.29 is 18.0 Å². The number of rotatable bonds is 4. The molecule has 1 aromatic heterocycles. The van der Waals surface area contributed by atoms with Gasteiger partial charge in [-0.3, -0.25) is 4.98 Å². The van der Waals surface area contributed by atoms with Crippen molar-refractivity contribution in [3.05, 3.63) is 66.5 Å². The van der Waals surface area contributed by atoms with E-state index in [1.165, 1.54) is 18.2 Å². The summed E-state index contributed by atoms with van der Waals surface area (Å²) in [4.78, 5) is 23.5. The Morgan fingerprint density at radius 3 is 2.45 bits per heavy atom. The SMILES string of the molecule is O=C(Nc1cccc(-c2nccnc2N2CCCC2)c1)Nc1ccccc1C(F)(F)F. The molecule has 0 saturated carbocycles. The first kappa shape index (κ1) is 20.6. The second kappa shape index (κ2) is 8.63. The number of aromatic nitrogens is 2. The highest BCUT2D eigenvalue weighted by Crippen LogP contribution is 2.35. The highest BCUT2D eigenvalue weighted by molar-refractivity contribution is 6.00. The summed E-state index contributed by atoms with van der Waals surface area (Å²) in [6.45, 7) is 1.81. The van der Waals surface area contributed by atoms with Gasteiger partial charge in [0.2, 0.25) is 0 Å². The molecular formula is C22H20F3N5O. The van der Waals surface area contributed by atoms with Crippen LogP contribution in [0.3, 0.4) is 0 Å². The molecule has 0 radical (unpaired) electrons. The van der Waals surface area contributed by atoms with Crippen LogP contribution in [0, 0.1) is 0 Å². The molecule has 1 aliphatic heterocycles. The minimum atomic E-state index is -4.57. The van der Waals surface area contributed by atoms with Gasteiger partial charge in [-0.1, -0.05) is 24.3 Å². The summed E-state index contributed by atoms with van der Waals surface area (Å²) in [5.41, 5.74) is 0.652. The Balaban J connectivity index is 1.54. The van der Waals surface area contributed by atoms with Crippen LogP contribution in [-0.2, 0) is 6.18 Å². The normalized spacial score (nSPS) is 13.8. The van der Waals surface area contributed by atoms with Crippen molar-refractivity contribution in [3.8, 4) is 11.3 Å². The predicted octanol–water partition coefficient (Wildman–Crippen LogP) is 5.41. The molecular weight excluding hydrogens is 407 g/mol. The molecule has 160 valence electrons. The molecule has 3 aromatic rings. The summed E-state index contributed by atoms with van der Waals surface area (Å²) >= 11 is 0. The van der Waals surface area contributed by atoms with Crippen molar-refractivity contribution in [2.45, 2.75) is 19.0 Å². The average Bonchev–Trinajstić information content (AvgIpc) is 3.28. The molecule has 6 nitrogen and oxygen atoms in total. The molecule has 9 heteroatoms. The third-order valence-corrected chi connectivity index (χ3v) is 4.96. The lowest BCUT2D eigenvalue weighted by Crippen LogP contribution is -2.22. The van der Waals surface area contributed by atoms with Gasteiger partial charge < -0.3 is 15.5 Å². The van der Waals surface area contributed by atoms with Crippen molar-refractivity contribution in [1.29, 1.82) is 0 Å². The molecule has 0 spiro atoms. The summed E-state index contributed by atoms with van der Waals surface area (Å²) in [5.74, 6) is 0.778. The van der Waals surface area contributed by atoms with Crippen LogP contribution >= 0.6 is 0 Å². The molecule has 1 aliphatic rings. The van der Waals surface area contributed by atoms with Gasteiger partial charge in [0.1, 0.15) is 5.69 Å². The number of carbonyl (C=O) groups is 1. The van der Waals surface area contributed by atoms with Crippen LogP contribution in [0.1, 0.15) is 18.4 Å². The molecule has 31 heavy (non-hydrogen) atoms. The van der Waals surface area contributed by atoms with E-state index >= 15 is 0 Å². The Labute approximate surface area is 177 Å². The predicted molar refractivity (Wildman–Crippen MR) is 113 cm³/mol. The van der Waals surface area contributed by atoms with E-state index in [9.17, 15) is 18.0 Å². The molecule has 2 aromatic carbocycles. The van der Waals surface area contributed by atoms with E-state index in [0.29, 0.717) is 11.4 Å². The minimum Gasteiger partial charge on any atom is -0.355 e. The zero-order valence-electron chi connectivity index (χ0n) is 16.5. The van der Waals surface area contributed by atoms with Crippen molar-refractivity contribution in [3.63, 3.8) is 0 Å². The maximum absolute atomic E-state index is 13.1. The number of nitrogens with one attached hydrogen (secondary N) is 2. The second-order valence-electron chi connectivity index (χ2n) is 7.13. The number of carbonyl (C=O) groups excluding carboxylic acids is 1. The maximum Gasteiger partial charge on any atom is 0.418 e. The van der Waals surface area contributed by atoms with Crippen LogP contribution in [0.25, 0.3) is 11.3 Å². The Hall–Kier alpha value is -3.62. The van der Waals surface area contributed by atoms with Crippen LogP contribution in [0.15, 0.2) is 60.9 Å². The zero-order valence-corrected chi connectivity index (χ0v) is 16.5. The molecule has 2 N–H and O–H groups in total. The highest BCUT2D eigenvalue weighted by atomic mass is 19.4. The van der Waals surface area contributed by atoms with Gasteiger partial charge >= 0.3 is 12.2 Å². The number of nitrogens with zero attached hydrogens (tertiary/aromatic N) is 3. The summed E-state index contributed by atoms with van der Waals surface area (Å²) in [6.07, 6.45) is 0.872. The first-order valence-electron chi connectivity index (χ1n) is 9.82. The van der Waals surface area contributed by atoms with Gasteiger partial charge in [0.05, 0.1) is 11.3 Å². The van der Waals surface area contributed by atoms with Crippen molar-refractivity contribution in [2.75, 3.05) is 28.6 Å². The summed E-state index contributed by atoms with van der Waals surface area (Å²) in [5, 5.41) is 4.86. The number of urea groups is 1. The van der Waals surface area contributed by atoms with E-state index in [1.54, 1.807) is 30.6 Å². The van der Waals surface area contributed by atoms with Crippen LogP contribution in [0.5, 0.6) is 0 Å². The summed E-state index contributed by atoms with van der Waals surface area (Å²) in [7, 11) is 0. The Bertz CT molecular complexity index is 1080. The van der Waals surface area contributed by atoms with Crippen molar-refractivity contribution >= 4 is 23.2 Å². The van der Waals surface area contributed by atoms with Gasteiger partial charge in [-0.2, -0.15) is 13.2 Å². The number of benzene rings is 2. The van der Waals surface area contributed by atoms with E-state index in [2.05, 4.69) is 25.5 Å². The summed E-state index contributed by atoms with van der Waals surface area (Å²) in [6, 6.07) is 11.0. The average molecular weight is 427 g/mol. The molecule has 0 bridgehead atoms. The van der Waals surface area contributed by atoms with E-state index in [4.69, 9.17) is 0 Å². The molecule has 2 amide bonds. The first-order chi connectivity index (χ1) is 14.9. The quantitative estimate of drug-likeness (QED) is 0.584. The molecule has 4 rings (SSSR count). The first-order valence-corrected chi connectivity index (χ1v) is 9.82. The monoisotopic (exact) mass is 427 g/mol. The van der Waals surface area contributed by atoms with E-state index in [0.717, 1.165) is 43.4 Å². The lowest BCUT2D eigenvalue weighted by molar-refractivity contribution is -0.136.